The van der Waals surface area contributed by atoms with Crippen molar-refractivity contribution in [1.29, 1.82) is 0 Å². The Morgan fingerprint density at radius 3 is 2.64 bits per heavy atom. The number of phenols is 1. The van der Waals surface area contributed by atoms with Crippen LogP contribution in [0.25, 0.3) is 10.8 Å². The maximum Gasteiger partial charge on any atom is 0.269 e. The van der Waals surface area contributed by atoms with Crippen LogP contribution in [0.4, 0.5) is 11.4 Å². The Hall–Kier alpha value is -3.34. The van der Waals surface area contributed by atoms with Gasteiger partial charge in [0.25, 0.3) is 5.69 Å². The summed E-state index contributed by atoms with van der Waals surface area (Å²) in [5.41, 5.74) is 3.87. The first-order valence-electron chi connectivity index (χ1n) is 9.23. The quantitative estimate of drug-likeness (QED) is 0.498. The lowest BCUT2D eigenvalue weighted by molar-refractivity contribution is -0.384. The predicted molar refractivity (Wildman–Crippen MR) is 112 cm³/mol. The first kappa shape index (κ1) is 18.0. The number of phenolic OH excluding ortho intramolecular Hbond substituents is 1. The number of rotatable bonds is 3. The van der Waals surface area contributed by atoms with E-state index in [1.54, 1.807) is 0 Å². The monoisotopic (exact) mass is 374 g/mol. The molecule has 4 rings (SSSR count). The SMILES string of the molecule is CN1/C(=C\Cc2cc([N+](=O)[O-])ccc2O)C(C)(C)c2c1ccc1ccccc21. The fourth-order valence-electron chi connectivity index (χ4n) is 4.32. The third kappa shape index (κ3) is 2.71. The molecule has 0 atom stereocenters. The maximum absolute atomic E-state index is 11.1. The van der Waals surface area contributed by atoms with Gasteiger partial charge in [-0.25, -0.2) is 0 Å². The van der Waals surface area contributed by atoms with Gasteiger partial charge in [-0.2, -0.15) is 0 Å². The zero-order chi connectivity index (χ0) is 20.1. The first-order chi connectivity index (χ1) is 13.3. The molecule has 0 radical (unpaired) electrons. The fraction of sp³-hybridized carbons (Fsp3) is 0.217. The van der Waals surface area contributed by atoms with Crippen LogP contribution in [0.5, 0.6) is 5.75 Å². The number of allylic oxidation sites excluding steroid dienone is 2. The van der Waals surface area contributed by atoms with Gasteiger partial charge in [0, 0.05) is 41.5 Å². The summed E-state index contributed by atoms with van der Waals surface area (Å²) in [5, 5.41) is 23.6. The molecule has 5 heteroatoms. The molecule has 28 heavy (non-hydrogen) atoms. The molecule has 1 aliphatic rings. The molecule has 0 spiro atoms. The summed E-state index contributed by atoms with van der Waals surface area (Å²) < 4.78 is 0. The van der Waals surface area contributed by atoms with Crippen molar-refractivity contribution in [3.8, 4) is 5.75 Å². The third-order valence-corrected chi connectivity index (χ3v) is 5.68. The maximum atomic E-state index is 11.1. The van der Waals surface area contributed by atoms with Crippen LogP contribution in [0.1, 0.15) is 25.0 Å². The van der Waals surface area contributed by atoms with Gasteiger partial charge in [-0.05, 0) is 34.9 Å². The highest BCUT2D eigenvalue weighted by molar-refractivity contribution is 5.94. The molecule has 0 unspecified atom stereocenters. The van der Waals surface area contributed by atoms with E-state index in [-0.39, 0.29) is 16.9 Å². The normalized spacial score (nSPS) is 16.5. The zero-order valence-corrected chi connectivity index (χ0v) is 16.1. The largest absolute Gasteiger partial charge is 0.508 e. The molecule has 0 saturated heterocycles. The summed E-state index contributed by atoms with van der Waals surface area (Å²) in [6, 6.07) is 16.8. The van der Waals surface area contributed by atoms with Gasteiger partial charge in [0.1, 0.15) is 5.75 Å². The average molecular weight is 374 g/mol. The van der Waals surface area contributed by atoms with Crippen LogP contribution in [-0.4, -0.2) is 17.1 Å². The third-order valence-electron chi connectivity index (χ3n) is 5.68. The molecule has 1 aliphatic heterocycles. The van der Waals surface area contributed by atoms with Gasteiger partial charge in [0.15, 0.2) is 0 Å². The molecule has 1 N–H and O–H groups in total. The summed E-state index contributed by atoms with van der Waals surface area (Å²) in [7, 11) is 2.04. The van der Waals surface area contributed by atoms with E-state index in [9.17, 15) is 15.2 Å². The van der Waals surface area contributed by atoms with Crippen molar-refractivity contribution in [2.75, 3.05) is 11.9 Å². The Morgan fingerprint density at radius 2 is 1.89 bits per heavy atom. The molecular formula is C23H22N2O3. The summed E-state index contributed by atoms with van der Waals surface area (Å²) in [6.07, 6.45) is 2.48. The molecule has 0 fully saturated rings. The van der Waals surface area contributed by atoms with Crippen molar-refractivity contribution in [2.24, 2.45) is 0 Å². The van der Waals surface area contributed by atoms with Crippen LogP contribution in [0.3, 0.4) is 0 Å². The van der Waals surface area contributed by atoms with E-state index in [0.29, 0.717) is 12.0 Å². The number of hydrogen-bond acceptors (Lipinski definition) is 4. The van der Waals surface area contributed by atoms with Crippen molar-refractivity contribution in [2.45, 2.75) is 25.7 Å². The molecule has 0 aliphatic carbocycles. The molecule has 0 amide bonds. The Labute approximate surface area is 163 Å². The Kier molecular flexibility index (Phi) is 4.11. The highest BCUT2D eigenvalue weighted by Crippen LogP contribution is 2.50. The molecule has 5 nitrogen and oxygen atoms in total. The van der Waals surface area contributed by atoms with Crippen LogP contribution in [0, 0.1) is 10.1 Å². The number of hydrogen-bond donors (Lipinski definition) is 1. The lowest BCUT2D eigenvalue weighted by Crippen LogP contribution is -2.23. The minimum Gasteiger partial charge on any atom is -0.508 e. The minimum absolute atomic E-state index is 0.0143. The van der Waals surface area contributed by atoms with Gasteiger partial charge in [-0.1, -0.05) is 50.3 Å². The predicted octanol–water partition coefficient (Wildman–Crippen LogP) is 5.31. The minimum atomic E-state index is -0.441. The molecule has 0 bridgehead atoms. The van der Waals surface area contributed by atoms with Crippen LogP contribution in [-0.2, 0) is 11.8 Å². The van der Waals surface area contributed by atoms with Crippen LogP contribution in [0.15, 0.2) is 66.4 Å². The number of non-ortho nitro benzene ring substituents is 1. The molecule has 142 valence electrons. The number of fused-ring (bicyclic) bond motifs is 3. The highest BCUT2D eigenvalue weighted by Gasteiger charge is 2.39. The lowest BCUT2D eigenvalue weighted by atomic mass is 9.81. The van der Waals surface area contributed by atoms with Gasteiger partial charge in [0.05, 0.1) is 4.92 Å². The summed E-state index contributed by atoms with van der Waals surface area (Å²) in [6.45, 7) is 4.39. The Balaban J connectivity index is 1.78. The Morgan fingerprint density at radius 1 is 1.14 bits per heavy atom. The topological polar surface area (TPSA) is 66.6 Å². The van der Waals surface area contributed by atoms with E-state index in [1.165, 1.54) is 40.2 Å². The second kappa shape index (κ2) is 6.37. The van der Waals surface area contributed by atoms with E-state index < -0.39 is 4.92 Å². The van der Waals surface area contributed by atoms with E-state index in [2.05, 4.69) is 55.2 Å². The van der Waals surface area contributed by atoms with Crippen molar-refractivity contribution in [3.63, 3.8) is 0 Å². The van der Waals surface area contributed by atoms with Gasteiger partial charge in [-0.15, -0.1) is 0 Å². The van der Waals surface area contributed by atoms with Crippen molar-refractivity contribution < 1.29 is 10.0 Å². The number of benzene rings is 3. The van der Waals surface area contributed by atoms with Gasteiger partial charge < -0.3 is 10.0 Å². The highest BCUT2D eigenvalue weighted by atomic mass is 16.6. The van der Waals surface area contributed by atoms with Crippen LogP contribution < -0.4 is 4.90 Å². The fourth-order valence-corrected chi connectivity index (χ4v) is 4.32. The van der Waals surface area contributed by atoms with Crippen LogP contribution >= 0.6 is 0 Å². The smallest absolute Gasteiger partial charge is 0.269 e. The van der Waals surface area contributed by atoms with Crippen molar-refractivity contribution in [3.05, 3.63) is 87.6 Å². The number of anilines is 1. The number of nitro benzene ring substituents is 1. The summed E-state index contributed by atoms with van der Waals surface area (Å²) in [5.74, 6) is 0.0730. The molecule has 1 heterocycles. The summed E-state index contributed by atoms with van der Waals surface area (Å²) in [4.78, 5) is 12.8. The van der Waals surface area contributed by atoms with Crippen molar-refractivity contribution >= 4 is 22.1 Å². The van der Waals surface area contributed by atoms with E-state index in [1.807, 2.05) is 13.1 Å². The van der Waals surface area contributed by atoms with Crippen molar-refractivity contribution in [1.82, 2.24) is 0 Å². The first-order valence-corrected chi connectivity index (χ1v) is 9.23. The average Bonchev–Trinajstić information content (AvgIpc) is 2.87. The van der Waals surface area contributed by atoms with Gasteiger partial charge in [-0.3, -0.25) is 10.1 Å². The lowest BCUT2D eigenvalue weighted by Gasteiger charge is -2.25. The summed E-state index contributed by atoms with van der Waals surface area (Å²) >= 11 is 0. The zero-order valence-electron chi connectivity index (χ0n) is 16.1. The number of aromatic hydroxyl groups is 1. The number of likely N-dealkylation sites (N-methyl/N-ethyl adjacent to an activating group) is 1. The standard InChI is InChI=1S/C23H22N2O3/c1-23(2)21(13-9-16-14-17(25(27)28)10-12-20(16)26)24(3)19-11-8-15-6-4-5-7-18(15)22(19)23/h4-8,10-14,26H,9H2,1-3H3/b21-13-. The molecule has 0 saturated carbocycles. The second-order valence-corrected chi connectivity index (χ2v) is 7.73. The van der Waals surface area contributed by atoms with Gasteiger partial charge >= 0.3 is 0 Å². The second-order valence-electron chi connectivity index (χ2n) is 7.73. The molecule has 0 aromatic heterocycles. The van der Waals surface area contributed by atoms with Gasteiger partial charge in [0.2, 0.25) is 0 Å². The van der Waals surface area contributed by atoms with Crippen LogP contribution in [0.2, 0.25) is 0 Å². The Bertz CT molecular complexity index is 1130. The van der Waals surface area contributed by atoms with E-state index in [0.717, 1.165) is 5.70 Å². The van der Waals surface area contributed by atoms with E-state index >= 15 is 0 Å². The number of nitrogens with zero attached hydrogens (tertiary/aromatic N) is 2. The van der Waals surface area contributed by atoms with E-state index in [4.69, 9.17) is 0 Å². The molecule has 3 aromatic rings. The number of nitro groups is 1. The molecular weight excluding hydrogens is 352 g/mol. The molecule has 3 aromatic carbocycles.